The molecule has 0 aliphatic carbocycles. The molecule has 2 atom stereocenters. The summed E-state index contributed by atoms with van der Waals surface area (Å²) in [6.07, 6.45) is -3.08. The highest BCUT2D eigenvalue weighted by molar-refractivity contribution is 7.22. The van der Waals surface area contributed by atoms with Gasteiger partial charge in [-0.25, -0.2) is 14.8 Å². The highest BCUT2D eigenvalue weighted by Crippen LogP contribution is 2.36. The average Bonchev–Trinajstić information content (AvgIpc) is 3.94. The number of aryl methyl sites for hydroxylation is 1. The van der Waals surface area contributed by atoms with Crippen LogP contribution in [0.15, 0.2) is 91.0 Å². The number of thiazole rings is 1. The van der Waals surface area contributed by atoms with E-state index >= 15 is 0 Å². The van der Waals surface area contributed by atoms with Crippen molar-refractivity contribution >= 4 is 78.7 Å². The Balaban J connectivity index is 0.743. The number of carbonyl (C=O) groups excluding carboxylic acids is 4. The van der Waals surface area contributed by atoms with Crippen LogP contribution in [-0.2, 0) is 34.4 Å². The van der Waals surface area contributed by atoms with Gasteiger partial charge in [-0.05, 0) is 103 Å². The van der Waals surface area contributed by atoms with E-state index in [1.165, 1.54) is 11.3 Å². The summed E-state index contributed by atoms with van der Waals surface area (Å²) in [5.41, 5.74) is 6.12. The van der Waals surface area contributed by atoms with Crippen LogP contribution in [0.25, 0.3) is 32.2 Å². The summed E-state index contributed by atoms with van der Waals surface area (Å²) in [5, 5.41) is 24.1. The topological polar surface area (TPSA) is 204 Å². The summed E-state index contributed by atoms with van der Waals surface area (Å²) < 4.78 is 52.3. The van der Waals surface area contributed by atoms with Gasteiger partial charge in [-0.15, -0.1) is 0 Å². The van der Waals surface area contributed by atoms with Crippen LogP contribution in [0.2, 0.25) is 0 Å². The number of anilines is 3. The summed E-state index contributed by atoms with van der Waals surface area (Å²) >= 11 is 1.39. The van der Waals surface area contributed by atoms with Crippen molar-refractivity contribution in [2.24, 2.45) is 7.05 Å². The summed E-state index contributed by atoms with van der Waals surface area (Å²) in [4.78, 5) is 77.9. The predicted octanol–water partition coefficient (Wildman–Crippen LogP) is 7.54. The number of ether oxygens (including phenoxy) is 1. The van der Waals surface area contributed by atoms with Gasteiger partial charge < -0.3 is 25.0 Å². The van der Waals surface area contributed by atoms with Crippen molar-refractivity contribution in [3.63, 3.8) is 0 Å². The SMILES string of the molecule is Cc1c(OCCCN2CCN(CC(=O)Nc3ccc4c(C5CCC(=O)NC5=O)nn(C)c4c3)[C@H](C(F)(F)F)C2)cccc1-c1ccc(N2CCc3cccc(C(=O)Nc4nc5ccccc5s4)c3C2)nc1C(=O)O. The third-order valence-electron chi connectivity index (χ3n) is 13.9. The number of para-hydroxylation sites is 1. The van der Waals surface area contributed by atoms with Gasteiger partial charge in [0.2, 0.25) is 17.7 Å². The highest BCUT2D eigenvalue weighted by atomic mass is 32.1. The number of piperidine rings is 1. The number of carboxylic acid groups (broad SMARTS) is 1. The largest absolute Gasteiger partial charge is 0.493 e. The monoisotopic (exact) mass is 1030 g/mol. The summed E-state index contributed by atoms with van der Waals surface area (Å²) in [6, 6.07) is 25.1. The predicted molar refractivity (Wildman–Crippen MR) is 273 cm³/mol. The van der Waals surface area contributed by atoms with Crippen LogP contribution in [0.5, 0.6) is 5.75 Å². The number of carbonyl (C=O) groups is 5. The Morgan fingerprint density at radius 3 is 2.54 bits per heavy atom. The van der Waals surface area contributed by atoms with Gasteiger partial charge in [0, 0.05) is 74.9 Å². The summed E-state index contributed by atoms with van der Waals surface area (Å²) in [6.45, 7) is 2.68. The molecule has 3 aliphatic heterocycles. The minimum Gasteiger partial charge on any atom is -0.493 e. The third kappa shape index (κ3) is 10.4. The summed E-state index contributed by atoms with van der Waals surface area (Å²) in [5.74, 6) is -2.55. The lowest BCUT2D eigenvalue weighted by Gasteiger charge is -2.41. The number of piperazine rings is 1. The van der Waals surface area contributed by atoms with Crippen molar-refractivity contribution in [1.29, 1.82) is 0 Å². The number of alkyl halides is 3. The van der Waals surface area contributed by atoms with E-state index in [1.807, 2.05) is 48.2 Å². The molecule has 21 heteroatoms. The Hall–Kier alpha value is -7.75. The Morgan fingerprint density at radius 1 is 0.919 bits per heavy atom. The van der Waals surface area contributed by atoms with Crippen LogP contribution in [0.3, 0.4) is 0 Å². The Labute approximate surface area is 426 Å². The van der Waals surface area contributed by atoms with Crippen molar-refractivity contribution < 1.29 is 47.0 Å². The number of pyridine rings is 1. The molecule has 6 heterocycles. The highest BCUT2D eigenvalue weighted by Gasteiger charge is 2.47. The molecule has 0 saturated carbocycles. The second-order valence-corrected chi connectivity index (χ2v) is 19.7. The molecule has 4 aromatic carbocycles. The first-order valence-electron chi connectivity index (χ1n) is 24.2. The third-order valence-corrected chi connectivity index (χ3v) is 14.9. The van der Waals surface area contributed by atoms with Gasteiger partial charge in [0.15, 0.2) is 10.8 Å². The number of aromatic nitrogens is 4. The van der Waals surface area contributed by atoms with Gasteiger partial charge in [-0.2, -0.15) is 18.3 Å². The number of halogens is 3. The molecule has 2 fully saturated rings. The summed E-state index contributed by atoms with van der Waals surface area (Å²) in [7, 11) is 1.68. The standard InChI is InChI=1S/C53H51F3N10O7S/c1-30-33(34-16-18-44(59-48(34)51(71)72)66-22-20-31-8-5-10-35(38(31)27-66)49(69)61-52-58-39-11-3-4-13-42(39)74-52)9-6-12-41(30)73-25-7-21-64-23-24-65(43(28-64)53(54,55)56)29-46(68)57-32-14-15-36-40(26-32)63(2)62-47(36)37-17-19-45(67)60-50(37)70/h3-6,8-16,18,26,37,43H,7,17,19-25,27-29H2,1-2H3,(H,57,68)(H,71,72)(H,58,61,69)(H,60,67,70)/t37?,43-/m0/s1. The number of hydrogen-bond acceptors (Lipinski definition) is 13. The van der Waals surface area contributed by atoms with Crippen molar-refractivity contribution in [2.75, 3.05) is 61.4 Å². The number of hydrogen-bond donors (Lipinski definition) is 4. The van der Waals surface area contributed by atoms with E-state index in [0.717, 1.165) is 26.2 Å². The minimum atomic E-state index is -4.60. The molecule has 0 bridgehead atoms. The molecular formula is C53H51F3N10O7S. The fraction of sp³-hybridized carbons (Fsp3) is 0.321. The normalized spacial score (nSPS) is 17.6. The number of nitrogens with one attached hydrogen (secondary N) is 3. The van der Waals surface area contributed by atoms with E-state index in [4.69, 9.17) is 4.74 Å². The zero-order chi connectivity index (χ0) is 51.8. The van der Waals surface area contributed by atoms with Crippen molar-refractivity contribution in [1.82, 2.24) is 34.9 Å². The van der Waals surface area contributed by atoms with Gasteiger partial charge in [-0.3, -0.25) is 39.4 Å². The second kappa shape index (κ2) is 20.6. The Kier molecular flexibility index (Phi) is 13.9. The fourth-order valence-electron chi connectivity index (χ4n) is 10.2. The van der Waals surface area contributed by atoms with Crippen LogP contribution in [-0.4, -0.2) is 122 Å². The average molecular weight is 1030 g/mol. The van der Waals surface area contributed by atoms with Crippen LogP contribution in [0.4, 0.5) is 29.8 Å². The molecular weight excluding hydrogens is 978 g/mol. The van der Waals surface area contributed by atoms with E-state index in [2.05, 4.69) is 31.0 Å². The molecule has 10 rings (SSSR count). The van der Waals surface area contributed by atoms with E-state index in [1.54, 1.807) is 71.2 Å². The minimum absolute atomic E-state index is 0.00344. The van der Waals surface area contributed by atoms with E-state index in [9.17, 15) is 42.3 Å². The van der Waals surface area contributed by atoms with Crippen molar-refractivity contribution in [2.45, 2.75) is 57.3 Å². The van der Waals surface area contributed by atoms with Gasteiger partial charge in [-0.1, -0.05) is 47.7 Å². The maximum absolute atomic E-state index is 14.5. The van der Waals surface area contributed by atoms with Crippen LogP contribution in [0, 0.1) is 6.92 Å². The van der Waals surface area contributed by atoms with E-state index in [-0.39, 0.29) is 43.6 Å². The molecule has 74 heavy (non-hydrogen) atoms. The number of benzene rings is 4. The molecule has 4 amide bonds. The zero-order valence-corrected chi connectivity index (χ0v) is 41.2. The molecule has 17 nitrogen and oxygen atoms in total. The van der Waals surface area contributed by atoms with Crippen LogP contribution < -0.4 is 25.6 Å². The van der Waals surface area contributed by atoms with E-state index in [0.29, 0.717) is 107 Å². The van der Waals surface area contributed by atoms with Crippen LogP contribution in [0.1, 0.15) is 68.4 Å². The lowest BCUT2D eigenvalue weighted by molar-refractivity contribution is -0.197. The van der Waals surface area contributed by atoms with Gasteiger partial charge >= 0.3 is 12.1 Å². The molecule has 3 aromatic heterocycles. The molecule has 4 N–H and O–H groups in total. The van der Waals surface area contributed by atoms with Gasteiger partial charge in [0.05, 0.1) is 40.5 Å². The Morgan fingerprint density at radius 2 is 1.74 bits per heavy atom. The van der Waals surface area contributed by atoms with Crippen LogP contribution >= 0.6 is 11.3 Å². The quantitative estimate of drug-likeness (QED) is 0.0615. The molecule has 0 spiro atoms. The smallest absolute Gasteiger partial charge is 0.405 e. The first kappa shape index (κ1) is 49.8. The number of nitrogens with zero attached hydrogens (tertiary/aromatic N) is 7. The Bertz CT molecular complexity index is 3330. The maximum atomic E-state index is 14.5. The molecule has 382 valence electrons. The van der Waals surface area contributed by atoms with Crippen molar-refractivity contribution in [3.8, 4) is 16.9 Å². The number of imide groups is 1. The molecule has 1 unspecified atom stereocenters. The molecule has 3 aliphatic rings. The number of amides is 4. The number of carboxylic acids is 1. The number of rotatable bonds is 14. The lowest BCUT2D eigenvalue weighted by Crippen LogP contribution is -2.60. The molecule has 0 radical (unpaired) electrons. The number of fused-ring (bicyclic) bond motifs is 3. The van der Waals surface area contributed by atoms with Gasteiger partial charge in [0.1, 0.15) is 17.6 Å². The zero-order valence-electron chi connectivity index (χ0n) is 40.4. The van der Waals surface area contributed by atoms with E-state index < -0.39 is 42.5 Å². The molecule has 2 saturated heterocycles. The first-order valence-corrected chi connectivity index (χ1v) is 25.0. The number of aromatic carboxylic acids is 1. The lowest BCUT2D eigenvalue weighted by atomic mass is 9.93. The second-order valence-electron chi connectivity index (χ2n) is 18.7. The first-order chi connectivity index (χ1) is 35.6. The molecule has 7 aromatic rings. The van der Waals surface area contributed by atoms with Gasteiger partial charge in [0.25, 0.3) is 5.91 Å². The van der Waals surface area contributed by atoms with Crippen molar-refractivity contribution in [3.05, 3.63) is 125 Å². The maximum Gasteiger partial charge on any atom is 0.405 e. The fourth-order valence-corrected chi connectivity index (χ4v) is 11.0.